The zero-order valence-electron chi connectivity index (χ0n) is 12.9. The van der Waals surface area contributed by atoms with E-state index >= 15 is 0 Å². The summed E-state index contributed by atoms with van der Waals surface area (Å²) in [4.78, 5) is 14.8. The van der Waals surface area contributed by atoms with Crippen LogP contribution in [0.25, 0.3) is 0 Å². The molecule has 0 radical (unpaired) electrons. The molecule has 1 unspecified atom stereocenters. The van der Waals surface area contributed by atoms with Gasteiger partial charge in [0.2, 0.25) is 0 Å². The second-order valence-corrected chi connectivity index (χ2v) is 5.45. The third-order valence-electron chi connectivity index (χ3n) is 3.85. The van der Waals surface area contributed by atoms with E-state index in [1.54, 1.807) is 12.1 Å². The molecule has 1 heterocycles. The van der Waals surface area contributed by atoms with E-state index in [9.17, 15) is 15.2 Å². The van der Waals surface area contributed by atoms with Crippen LogP contribution < -0.4 is 4.74 Å². The van der Waals surface area contributed by atoms with Crippen molar-refractivity contribution in [2.45, 2.75) is 13.0 Å². The summed E-state index contributed by atoms with van der Waals surface area (Å²) in [6.07, 6.45) is -0.604. The van der Waals surface area contributed by atoms with Gasteiger partial charge >= 0.3 is 0 Å². The van der Waals surface area contributed by atoms with Crippen LogP contribution >= 0.6 is 0 Å². The van der Waals surface area contributed by atoms with Gasteiger partial charge < -0.3 is 14.7 Å². The van der Waals surface area contributed by atoms with Crippen LogP contribution in [0.4, 0.5) is 5.69 Å². The summed E-state index contributed by atoms with van der Waals surface area (Å²) in [5.74, 6) is 0.407. The molecule has 1 aromatic carbocycles. The van der Waals surface area contributed by atoms with Gasteiger partial charge in [-0.2, -0.15) is 0 Å². The van der Waals surface area contributed by atoms with Gasteiger partial charge in [0.15, 0.2) is 0 Å². The van der Waals surface area contributed by atoms with Gasteiger partial charge in [-0.15, -0.1) is 0 Å². The van der Waals surface area contributed by atoms with Gasteiger partial charge in [-0.1, -0.05) is 13.0 Å². The molecule has 7 heteroatoms. The van der Waals surface area contributed by atoms with Crippen molar-refractivity contribution in [2.24, 2.45) is 0 Å². The van der Waals surface area contributed by atoms with Crippen LogP contribution in [-0.4, -0.2) is 71.8 Å². The Bertz CT molecular complexity index is 489. The number of ether oxygens (including phenoxy) is 1. The summed E-state index contributed by atoms with van der Waals surface area (Å²) in [6, 6.07) is 6.01. The zero-order valence-corrected chi connectivity index (χ0v) is 12.9. The highest BCUT2D eigenvalue weighted by Gasteiger charge is 2.18. The first-order chi connectivity index (χ1) is 10.6. The van der Waals surface area contributed by atoms with Gasteiger partial charge in [0.1, 0.15) is 18.5 Å². The lowest BCUT2D eigenvalue weighted by atomic mass is 10.2. The number of aliphatic hydroxyl groups excluding tert-OH is 1. The summed E-state index contributed by atoms with van der Waals surface area (Å²) in [5, 5.41) is 20.7. The highest BCUT2D eigenvalue weighted by Crippen LogP contribution is 2.19. The second-order valence-electron chi connectivity index (χ2n) is 5.45. The Balaban J connectivity index is 1.75. The molecule has 1 aromatic rings. The minimum atomic E-state index is -0.604. The fourth-order valence-corrected chi connectivity index (χ4v) is 2.52. The Morgan fingerprint density at radius 1 is 1.32 bits per heavy atom. The fraction of sp³-hybridized carbons (Fsp3) is 0.600. The van der Waals surface area contributed by atoms with E-state index in [2.05, 4.69) is 16.7 Å². The molecule has 1 aliphatic heterocycles. The number of nitrogens with zero attached hydrogens (tertiary/aromatic N) is 3. The Labute approximate surface area is 130 Å². The molecule has 0 bridgehead atoms. The predicted octanol–water partition coefficient (Wildman–Crippen LogP) is 0.972. The van der Waals surface area contributed by atoms with Gasteiger partial charge in [-0.05, 0) is 12.6 Å². The fourth-order valence-electron chi connectivity index (χ4n) is 2.52. The molecule has 0 saturated carbocycles. The number of nitro benzene ring substituents is 1. The number of piperazine rings is 1. The van der Waals surface area contributed by atoms with E-state index in [1.807, 2.05) is 0 Å². The first kappa shape index (κ1) is 16.7. The molecule has 1 fully saturated rings. The SMILES string of the molecule is CCN1CCN(CC(O)COc2cccc([N+](=O)[O-])c2)CC1. The van der Waals surface area contributed by atoms with Crippen molar-refractivity contribution in [1.82, 2.24) is 9.80 Å². The van der Waals surface area contributed by atoms with Crippen molar-refractivity contribution in [3.05, 3.63) is 34.4 Å². The molecule has 122 valence electrons. The molecule has 0 amide bonds. The van der Waals surface area contributed by atoms with Crippen molar-refractivity contribution >= 4 is 5.69 Å². The van der Waals surface area contributed by atoms with Crippen molar-refractivity contribution in [1.29, 1.82) is 0 Å². The minimum Gasteiger partial charge on any atom is -0.491 e. The normalized spacial score (nSPS) is 18.1. The lowest BCUT2D eigenvalue weighted by molar-refractivity contribution is -0.384. The van der Waals surface area contributed by atoms with Crippen LogP contribution in [0.2, 0.25) is 0 Å². The smallest absolute Gasteiger partial charge is 0.273 e. The maximum atomic E-state index is 10.7. The van der Waals surface area contributed by atoms with Gasteiger partial charge in [0.05, 0.1) is 11.0 Å². The van der Waals surface area contributed by atoms with Gasteiger partial charge in [-0.25, -0.2) is 0 Å². The molecule has 22 heavy (non-hydrogen) atoms. The van der Waals surface area contributed by atoms with Crippen molar-refractivity contribution < 1.29 is 14.8 Å². The van der Waals surface area contributed by atoms with Crippen LogP contribution in [0, 0.1) is 10.1 Å². The Morgan fingerprint density at radius 3 is 2.64 bits per heavy atom. The maximum absolute atomic E-state index is 10.7. The second kappa shape index (κ2) is 8.07. The molecule has 2 rings (SSSR count). The molecule has 1 saturated heterocycles. The Hall–Kier alpha value is -1.70. The van der Waals surface area contributed by atoms with Gasteiger partial charge in [0, 0.05) is 38.8 Å². The molecule has 7 nitrogen and oxygen atoms in total. The zero-order chi connectivity index (χ0) is 15.9. The van der Waals surface area contributed by atoms with Crippen LogP contribution in [0.1, 0.15) is 6.92 Å². The molecule has 0 spiro atoms. The number of hydrogen-bond acceptors (Lipinski definition) is 6. The average Bonchev–Trinajstić information content (AvgIpc) is 2.54. The minimum absolute atomic E-state index is 0.0114. The van der Waals surface area contributed by atoms with Crippen LogP contribution in [-0.2, 0) is 0 Å². The third kappa shape index (κ3) is 4.94. The lowest BCUT2D eigenvalue weighted by Gasteiger charge is -2.34. The Kier molecular flexibility index (Phi) is 6.11. The van der Waals surface area contributed by atoms with E-state index in [0.717, 1.165) is 32.7 Å². The lowest BCUT2D eigenvalue weighted by Crippen LogP contribution is -2.49. The van der Waals surface area contributed by atoms with Crippen molar-refractivity contribution in [3.63, 3.8) is 0 Å². The van der Waals surface area contributed by atoms with Crippen molar-refractivity contribution in [3.8, 4) is 5.75 Å². The molecule has 0 aromatic heterocycles. The molecule has 1 aliphatic rings. The molecule has 1 N–H and O–H groups in total. The van der Waals surface area contributed by atoms with Crippen LogP contribution in [0.15, 0.2) is 24.3 Å². The topological polar surface area (TPSA) is 79.1 Å². The summed E-state index contributed by atoms with van der Waals surface area (Å²) >= 11 is 0. The third-order valence-corrected chi connectivity index (χ3v) is 3.85. The monoisotopic (exact) mass is 309 g/mol. The first-order valence-corrected chi connectivity index (χ1v) is 7.58. The number of hydrogen-bond donors (Lipinski definition) is 1. The van der Waals surface area contributed by atoms with E-state index < -0.39 is 11.0 Å². The number of rotatable bonds is 7. The molecular weight excluding hydrogens is 286 g/mol. The quantitative estimate of drug-likeness (QED) is 0.597. The predicted molar refractivity (Wildman–Crippen MR) is 83.2 cm³/mol. The van der Waals surface area contributed by atoms with E-state index in [4.69, 9.17) is 4.74 Å². The average molecular weight is 309 g/mol. The highest BCUT2D eigenvalue weighted by atomic mass is 16.6. The van der Waals surface area contributed by atoms with E-state index in [-0.39, 0.29) is 12.3 Å². The number of likely N-dealkylation sites (N-methyl/N-ethyl adjacent to an activating group) is 1. The molecule has 1 atom stereocenters. The summed E-state index contributed by atoms with van der Waals surface area (Å²) in [6.45, 7) is 7.85. The van der Waals surface area contributed by atoms with Crippen LogP contribution in [0.3, 0.4) is 0 Å². The number of aliphatic hydroxyl groups is 1. The van der Waals surface area contributed by atoms with Crippen molar-refractivity contribution in [2.75, 3.05) is 45.9 Å². The number of nitro groups is 1. The maximum Gasteiger partial charge on any atom is 0.273 e. The van der Waals surface area contributed by atoms with E-state index in [1.165, 1.54) is 12.1 Å². The largest absolute Gasteiger partial charge is 0.491 e. The summed E-state index contributed by atoms with van der Waals surface area (Å²) < 4.78 is 5.45. The first-order valence-electron chi connectivity index (χ1n) is 7.58. The van der Waals surface area contributed by atoms with Gasteiger partial charge in [0.25, 0.3) is 5.69 Å². The summed E-state index contributed by atoms with van der Waals surface area (Å²) in [5.41, 5.74) is -0.0114. The van der Waals surface area contributed by atoms with Crippen LogP contribution in [0.5, 0.6) is 5.75 Å². The molecule has 0 aliphatic carbocycles. The number of benzene rings is 1. The van der Waals surface area contributed by atoms with E-state index in [0.29, 0.717) is 12.3 Å². The standard InChI is InChI=1S/C15H23N3O4/c1-2-16-6-8-17(9-7-16)11-14(19)12-22-15-5-3-4-13(10-15)18(20)21/h3-5,10,14,19H,2,6-9,11-12H2,1H3. The Morgan fingerprint density at radius 2 is 2.00 bits per heavy atom. The molecular formula is C15H23N3O4. The van der Waals surface area contributed by atoms with Gasteiger partial charge in [-0.3, -0.25) is 15.0 Å². The number of β-amino-alcohol motifs (C(OH)–C–C–N with tert-alkyl or cyclic N) is 1. The summed E-state index contributed by atoms with van der Waals surface area (Å²) in [7, 11) is 0. The number of non-ortho nitro benzene ring substituents is 1. The highest BCUT2D eigenvalue weighted by molar-refractivity contribution is 5.37.